The fourth-order valence-corrected chi connectivity index (χ4v) is 1.71. The van der Waals surface area contributed by atoms with E-state index in [2.05, 4.69) is 99.9 Å². The number of hydrogen-bond donors (Lipinski definition) is 4. The summed E-state index contributed by atoms with van der Waals surface area (Å²) in [6.45, 7) is 9.19. The molecule has 0 saturated carbocycles. The first-order chi connectivity index (χ1) is 13.7. The van der Waals surface area contributed by atoms with Crippen LogP contribution in [0.3, 0.4) is 0 Å². The third-order valence-electron chi connectivity index (χ3n) is 3.98. The maximum atomic E-state index is 7.69. The van der Waals surface area contributed by atoms with E-state index in [4.69, 9.17) is 20.4 Å². The van der Waals surface area contributed by atoms with Gasteiger partial charge in [0.05, 0.1) is 0 Å². The molecule has 0 fully saturated rings. The molecule has 0 amide bonds. The minimum Gasteiger partial charge on any atom is -0.364 e. The maximum absolute atomic E-state index is 7.69. The Balaban J connectivity index is -0.000000116. The Morgan fingerprint density at radius 3 is 0.656 bits per heavy atom. The Kier molecular flexibility index (Phi) is 37.2. The smallest absolute Gasteiger partial charge is 0.364 e. The fourth-order valence-electron chi connectivity index (χ4n) is 1.71. The van der Waals surface area contributed by atoms with Crippen molar-refractivity contribution in [1.29, 1.82) is 0 Å². The summed E-state index contributed by atoms with van der Waals surface area (Å²) in [4.78, 5) is 13.6. The average molecular weight is 563 g/mol. The van der Waals surface area contributed by atoms with Crippen LogP contribution in [0.5, 0.6) is 0 Å². The third kappa shape index (κ3) is 44.3. The normalized spacial score (nSPS) is 11.1. The van der Waals surface area contributed by atoms with Crippen molar-refractivity contribution in [1.82, 2.24) is 29.4 Å². The number of rotatable bonds is 13. The molecule has 4 N–H and O–H groups in total. The summed E-state index contributed by atoms with van der Waals surface area (Å²) >= 11 is 0. The molecule has 0 aliphatic carbocycles. The maximum Gasteiger partial charge on any atom is 1.00 e. The molecule has 0 spiro atoms. The zero-order valence-corrected chi connectivity index (χ0v) is 23.8. The first kappa shape index (κ1) is 42.7. The van der Waals surface area contributed by atoms with Gasteiger partial charge < -0.3 is 49.8 Å². The van der Waals surface area contributed by atoms with Gasteiger partial charge >= 0.3 is 17.1 Å². The van der Waals surface area contributed by atoms with Gasteiger partial charge in [-0.25, -0.2) is 0 Å². The van der Waals surface area contributed by atoms with Crippen LogP contribution in [0.1, 0.15) is 0 Å². The molecule has 0 bridgehead atoms. The standard InChI is InChI=1S/2C9H23N3.C2H6O4.Cu.Ni/c2*1-10(2)6-8-12(5)9-7-11(3)4;3-1(4)2(5)6;;/h2*6-9H2,1-5H3;1-6H;;/q;;;+1;. The Morgan fingerprint density at radius 2 is 0.562 bits per heavy atom. The molecule has 10 nitrogen and oxygen atoms in total. The molecule has 0 rings (SSSR count). The monoisotopic (exact) mass is 561 g/mol. The number of aliphatic hydroxyl groups is 4. The second-order valence-electron chi connectivity index (χ2n) is 8.65. The van der Waals surface area contributed by atoms with Crippen molar-refractivity contribution in [3.63, 3.8) is 0 Å². The largest absolute Gasteiger partial charge is 1.00 e. The van der Waals surface area contributed by atoms with Crippen molar-refractivity contribution in [2.24, 2.45) is 0 Å². The van der Waals surface area contributed by atoms with Crippen molar-refractivity contribution < 1.29 is 54.0 Å². The molecule has 0 aromatic carbocycles. The molecular formula is C20H52CuN6NiO4+. The number of aliphatic hydroxyl groups excluding tert-OH is 2. The second kappa shape index (κ2) is 27.9. The van der Waals surface area contributed by atoms with E-state index in [9.17, 15) is 0 Å². The molecule has 0 aliphatic rings. The van der Waals surface area contributed by atoms with Crippen LogP contribution in [0.15, 0.2) is 0 Å². The van der Waals surface area contributed by atoms with Gasteiger partial charge in [0.1, 0.15) is 0 Å². The molecule has 0 heterocycles. The Labute approximate surface area is 218 Å². The van der Waals surface area contributed by atoms with Gasteiger partial charge in [-0.15, -0.1) is 0 Å². The number of likely N-dealkylation sites (N-methyl/N-ethyl adjacent to an activating group) is 6. The van der Waals surface area contributed by atoms with Crippen molar-refractivity contribution >= 4 is 0 Å². The molecule has 0 aromatic heterocycles. The third-order valence-corrected chi connectivity index (χ3v) is 3.98. The topological polar surface area (TPSA) is 100 Å². The summed E-state index contributed by atoms with van der Waals surface area (Å²) in [6, 6.07) is 0. The van der Waals surface area contributed by atoms with Gasteiger partial charge in [0.2, 0.25) is 12.6 Å². The molecule has 0 saturated heterocycles. The summed E-state index contributed by atoms with van der Waals surface area (Å²) in [7, 11) is 21.2. The zero-order valence-electron chi connectivity index (χ0n) is 21.9. The summed E-state index contributed by atoms with van der Waals surface area (Å²) in [5.74, 6) is 0. The van der Waals surface area contributed by atoms with E-state index in [0.29, 0.717) is 0 Å². The average Bonchev–Trinajstić information content (AvgIpc) is 2.62. The van der Waals surface area contributed by atoms with Crippen LogP contribution in [0.4, 0.5) is 0 Å². The van der Waals surface area contributed by atoms with Crippen LogP contribution in [-0.4, -0.2) is 185 Å². The Hall–Kier alpha value is 0.613. The minimum atomic E-state index is -2.04. The Bertz CT molecular complexity index is 302. The zero-order chi connectivity index (χ0) is 24.3. The van der Waals surface area contributed by atoms with E-state index in [1.807, 2.05) is 0 Å². The minimum absolute atomic E-state index is 0. The van der Waals surface area contributed by atoms with Crippen LogP contribution in [0.2, 0.25) is 0 Å². The van der Waals surface area contributed by atoms with Crippen LogP contribution in [0.25, 0.3) is 0 Å². The van der Waals surface area contributed by atoms with Gasteiger partial charge in [-0.3, -0.25) is 0 Å². The van der Waals surface area contributed by atoms with Gasteiger partial charge in [0.25, 0.3) is 0 Å². The molecule has 0 atom stereocenters. The fraction of sp³-hybridized carbons (Fsp3) is 1.00. The molecule has 32 heavy (non-hydrogen) atoms. The van der Waals surface area contributed by atoms with Crippen molar-refractivity contribution in [2.45, 2.75) is 12.6 Å². The molecule has 0 radical (unpaired) electrons. The van der Waals surface area contributed by atoms with E-state index in [-0.39, 0.29) is 33.6 Å². The first-order valence-electron chi connectivity index (χ1n) is 10.4. The van der Waals surface area contributed by atoms with E-state index < -0.39 is 12.6 Å². The van der Waals surface area contributed by atoms with Crippen LogP contribution in [0, 0.1) is 0 Å². The van der Waals surface area contributed by atoms with Gasteiger partial charge in [0, 0.05) is 68.8 Å². The van der Waals surface area contributed by atoms with Crippen molar-refractivity contribution in [3.8, 4) is 0 Å². The first-order valence-corrected chi connectivity index (χ1v) is 10.4. The predicted molar refractivity (Wildman–Crippen MR) is 126 cm³/mol. The Morgan fingerprint density at radius 1 is 0.406 bits per heavy atom. The second-order valence-corrected chi connectivity index (χ2v) is 8.65. The van der Waals surface area contributed by atoms with Crippen molar-refractivity contribution in [3.05, 3.63) is 0 Å². The predicted octanol–water partition coefficient (Wildman–Crippen LogP) is -2.31. The van der Waals surface area contributed by atoms with Gasteiger partial charge in [-0.1, -0.05) is 0 Å². The SMILES string of the molecule is CN(C)CCN(C)CCN(C)C.CN(C)CCN(C)CCN(C)C.OC(O)C(O)O.[Cu+].[Ni]. The molecule has 12 heteroatoms. The van der Waals surface area contributed by atoms with Gasteiger partial charge in [-0.05, 0) is 70.5 Å². The van der Waals surface area contributed by atoms with Crippen LogP contribution >= 0.6 is 0 Å². The molecule has 0 aromatic rings. The van der Waals surface area contributed by atoms with E-state index in [1.54, 1.807) is 0 Å². The van der Waals surface area contributed by atoms with E-state index in [1.165, 1.54) is 0 Å². The molecule has 0 unspecified atom stereocenters. The van der Waals surface area contributed by atoms with E-state index in [0.717, 1.165) is 52.4 Å². The summed E-state index contributed by atoms with van der Waals surface area (Å²) in [6.07, 6.45) is -4.07. The van der Waals surface area contributed by atoms with Crippen LogP contribution < -0.4 is 0 Å². The van der Waals surface area contributed by atoms with Gasteiger partial charge in [-0.2, -0.15) is 0 Å². The number of hydrogen-bond acceptors (Lipinski definition) is 10. The van der Waals surface area contributed by atoms with E-state index >= 15 is 0 Å². The quantitative estimate of drug-likeness (QED) is 0.145. The summed E-state index contributed by atoms with van der Waals surface area (Å²) in [5, 5.41) is 30.7. The van der Waals surface area contributed by atoms with Crippen molar-refractivity contribution in [2.75, 3.05) is 123 Å². The summed E-state index contributed by atoms with van der Waals surface area (Å²) < 4.78 is 0. The summed E-state index contributed by atoms with van der Waals surface area (Å²) in [5.41, 5.74) is 0. The van der Waals surface area contributed by atoms with Crippen LogP contribution in [-0.2, 0) is 33.6 Å². The molecular weight excluding hydrogens is 510 g/mol. The molecule has 0 aliphatic heterocycles. The number of nitrogens with zero attached hydrogens (tertiary/aromatic N) is 6. The molecule has 206 valence electrons. The van der Waals surface area contributed by atoms with Gasteiger partial charge in [0.15, 0.2) is 0 Å².